The van der Waals surface area contributed by atoms with Gasteiger partial charge in [-0.25, -0.2) is 4.79 Å². The van der Waals surface area contributed by atoms with E-state index in [9.17, 15) is 9.59 Å². The second-order valence-electron chi connectivity index (χ2n) is 1.83. The molecule has 10 heavy (non-hydrogen) atoms. The minimum absolute atomic E-state index is 0.326. The van der Waals surface area contributed by atoms with E-state index in [-0.39, 0.29) is 5.57 Å². The van der Waals surface area contributed by atoms with Gasteiger partial charge in [-0.15, -0.1) is 0 Å². The summed E-state index contributed by atoms with van der Waals surface area (Å²) in [5.41, 5.74) is -0.326. The number of hydrogen-bond donors (Lipinski definition) is 2. The molecule has 0 rings (SSSR count). The molecular formula is C6H8O4. The molecule has 0 atom stereocenters. The number of aliphatic hydroxyl groups excluding tert-OH is 1. The molecule has 56 valence electrons. The number of carboxylic acids is 1. The molecule has 2 N–H and O–H groups in total. The van der Waals surface area contributed by atoms with Crippen LogP contribution in [0, 0.1) is 0 Å². The number of allylic oxidation sites excluding steroid dienone is 1. The summed E-state index contributed by atoms with van der Waals surface area (Å²) in [5, 5.41) is 16.9. The maximum Gasteiger partial charge on any atom is 0.335 e. The second kappa shape index (κ2) is 3.00. The largest absolute Gasteiger partial charge is 0.504 e. The van der Waals surface area contributed by atoms with Crippen molar-refractivity contribution in [3.05, 3.63) is 11.3 Å². The van der Waals surface area contributed by atoms with Gasteiger partial charge in [0.1, 0.15) is 0 Å². The summed E-state index contributed by atoms with van der Waals surface area (Å²) in [6.07, 6.45) is 0. The SMILES string of the molecule is CC(=O)/C(O)=C(/C)C(=O)O. The molecule has 0 aliphatic heterocycles. The molecular weight excluding hydrogens is 136 g/mol. The zero-order valence-corrected chi connectivity index (χ0v) is 5.71. The Kier molecular flexibility index (Phi) is 2.61. The Hall–Kier alpha value is -1.32. The molecule has 0 fully saturated rings. The number of ketones is 1. The van der Waals surface area contributed by atoms with Crippen molar-refractivity contribution in [3.63, 3.8) is 0 Å². The fourth-order valence-electron chi connectivity index (χ4n) is 0.365. The third-order valence-electron chi connectivity index (χ3n) is 1.01. The van der Waals surface area contributed by atoms with E-state index in [0.29, 0.717) is 0 Å². The van der Waals surface area contributed by atoms with Crippen molar-refractivity contribution in [3.8, 4) is 0 Å². The Morgan fingerprint density at radius 1 is 1.10 bits per heavy atom. The molecule has 0 aromatic heterocycles. The lowest BCUT2D eigenvalue weighted by Gasteiger charge is -1.95. The molecule has 0 aliphatic carbocycles. The highest BCUT2D eigenvalue weighted by molar-refractivity contribution is 5.99. The summed E-state index contributed by atoms with van der Waals surface area (Å²) in [4.78, 5) is 20.4. The Labute approximate surface area is 57.8 Å². The minimum atomic E-state index is -1.28. The van der Waals surface area contributed by atoms with Crippen molar-refractivity contribution in [2.75, 3.05) is 0 Å². The number of Topliss-reactive ketones (excluding diaryl/α,β-unsaturated/α-hetero) is 1. The summed E-state index contributed by atoms with van der Waals surface area (Å²) >= 11 is 0. The van der Waals surface area contributed by atoms with Crippen LogP contribution in [0.3, 0.4) is 0 Å². The molecule has 0 radical (unpaired) electrons. The maximum absolute atomic E-state index is 10.3. The van der Waals surface area contributed by atoms with Crippen LogP contribution in [0.1, 0.15) is 13.8 Å². The maximum atomic E-state index is 10.3. The van der Waals surface area contributed by atoms with Crippen LogP contribution in [-0.4, -0.2) is 22.0 Å². The Balaban J connectivity index is 4.67. The highest BCUT2D eigenvalue weighted by Gasteiger charge is 2.10. The monoisotopic (exact) mass is 144 g/mol. The molecule has 0 saturated heterocycles. The van der Waals surface area contributed by atoms with Gasteiger partial charge in [-0.2, -0.15) is 0 Å². The minimum Gasteiger partial charge on any atom is -0.504 e. The predicted octanol–water partition coefficient (Wildman–Crippen LogP) is 0.492. The number of aliphatic hydroxyl groups is 1. The molecule has 0 saturated carbocycles. The van der Waals surface area contributed by atoms with Gasteiger partial charge < -0.3 is 10.2 Å². The van der Waals surface area contributed by atoms with E-state index in [2.05, 4.69) is 0 Å². The first-order valence-corrected chi connectivity index (χ1v) is 2.61. The first-order chi connectivity index (χ1) is 4.46. The molecule has 0 unspecified atom stereocenters. The van der Waals surface area contributed by atoms with Crippen LogP contribution in [-0.2, 0) is 9.59 Å². The Morgan fingerprint density at radius 3 is 1.60 bits per heavy atom. The number of aliphatic carboxylic acids is 1. The third-order valence-corrected chi connectivity index (χ3v) is 1.01. The van der Waals surface area contributed by atoms with Gasteiger partial charge in [0.25, 0.3) is 0 Å². The summed E-state index contributed by atoms with van der Waals surface area (Å²) in [5.74, 6) is -2.61. The van der Waals surface area contributed by atoms with Crippen molar-refractivity contribution in [1.29, 1.82) is 0 Å². The molecule has 0 aliphatic rings. The first-order valence-electron chi connectivity index (χ1n) is 2.61. The number of rotatable bonds is 2. The lowest BCUT2D eigenvalue weighted by molar-refractivity contribution is -0.133. The third kappa shape index (κ3) is 1.89. The number of hydrogen-bond acceptors (Lipinski definition) is 3. The van der Waals surface area contributed by atoms with Crippen molar-refractivity contribution in [2.24, 2.45) is 0 Å². The van der Waals surface area contributed by atoms with Crippen LogP contribution < -0.4 is 0 Å². The average Bonchev–Trinajstić information content (AvgIpc) is 1.84. The topological polar surface area (TPSA) is 74.6 Å². The highest BCUT2D eigenvalue weighted by Crippen LogP contribution is 2.00. The van der Waals surface area contributed by atoms with E-state index in [4.69, 9.17) is 10.2 Å². The van der Waals surface area contributed by atoms with Crippen LogP contribution in [0.2, 0.25) is 0 Å². The zero-order valence-electron chi connectivity index (χ0n) is 5.71. The molecule has 0 aromatic rings. The molecule has 0 aromatic carbocycles. The molecule has 0 heterocycles. The van der Waals surface area contributed by atoms with Crippen molar-refractivity contribution >= 4 is 11.8 Å². The van der Waals surface area contributed by atoms with Gasteiger partial charge in [0.2, 0.25) is 0 Å². The average molecular weight is 144 g/mol. The van der Waals surface area contributed by atoms with Gasteiger partial charge in [-0.3, -0.25) is 4.79 Å². The van der Waals surface area contributed by atoms with Crippen LogP contribution in [0.25, 0.3) is 0 Å². The van der Waals surface area contributed by atoms with Gasteiger partial charge in [-0.1, -0.05) is 0 Å². The normalized spacial score (nSPS) is 12.2. The number of carboxylic acid groups (broad SMARTS) is 1. The van der Waals surface area contributed by atoms with Crippen LogP contribution in [0.4, 0.5) is 0 Å². The van der Waals surface area contributed by atoms with E-state index in [1.807, 2.05) is 0 Å². The van der Waals surface area contributed by atoms with E-state index in [0.717, 1.165) is 6.92 Å². The van der Waals surface area contributed by atoms with E-state index >= 15 is 0 Å². The fourth-order valence-corrected chi connectivity index (χ4v) is 0.365. The predicted molar refractivity (Wildman–Crippen MR) is 33.6 cm³/mol. The Bertz CT molecular complexity index is 180. The molecule has 4 heteroatoms. The molecule has 0 bridgehead atoms. The van der Waals surface area contributed by atoms with Crippen LogP contribution in [0.5, 0.6) is 0 Å². The summed E-state index contributed by atoms with van der Waals surface area (Å²) in [7, 11) is 0. The smallest absolute Gasteiger partial charge is 0.335 e. The van der Waals surface area contributed by atoms with Gasteiger partial charge in [-0.05, 0) is 6.92 Å². The van der Waals surface area contributed by atoms with Gasteiger partial charge in [0.15, 0.2) is 11.5 Å². The van der Waals surface area contributed by atoms with Crippen LogP contribution in [0.15, 0.2) is 11.3 Å². The highest BCUT2D eigenvalue weighted by atomic mass is 16.4. The Morgan fingerprint density at radius 2 is 1.50 bits per heavy atom. The number of carbonyl (C=O) groups excluding carboxylic acids is 1. The quantitative estimate of drug-likeness (QED) is 0.437. The van der Waals surface area contributed by atoms with Gasteiger partial charge in [0, 0.05) is 6.92 Å². The standard InChI is InChI=1S/C6H8O4/c1-3(6(9)10)5(8)4(2)7/h8H,1-2H3,(H,9,10)/b5-3+. The lowest BCUT2D eigenvalue weighted by Crippen LogP contribution is -2.06. The summed E-state index contributed by atoms with van der Waals surface area (Å²) in [6.45, 7) is 2.26. The molecule has 0 spiro atoms. The summed E-state index contributed by atoms with van der Waals surface area (Å²) in [6, 6.07) is 0. The second-order valence-corrected chi connectivity index (χ2v) is 1.83. The fraction of sp³-hybridized carbons (Fsp3) is 0.333. The van der Waals surface area contributed by atoms with Gasteiger partial charge in [0.05, 0.1) is 5.57 Å². The van der Waals surface area contributed by atoms with E-state index < -0.39 is 17.5 Å². The lowest BCUT2D eigenvalue weighted by atomic mass is 10.2. The molecule has 4 nitrogen and oxygen atoms in total. The van der Waals surface area contributed by atoms with E-state index in [1.54, 1.807) is 0 Å². The van der Waals surface area contributed by atoms with Crippen molar-refractivity contribution in [1.82, 2.24) is 0 Å². The van der Waals surface area contributed by atoms with E-state index in [1.165, 1.54) is 6.92 Å². The van der Waals surface area contributed by atoms with Crippen molar-refractivity contribution < 1.29 is 19.8 Å². The van der Waals surface area contributed by atoms with Crippen LogP contribution >= 0.6 is 0 Å². The summed E-state index contributed by atoms with van der Waals surface area (Å²) < 4.78 is 0. The molecule has 0 amide bonds. The zero-order chi connectivity index (χ0) is 8.31. The van der Waals surface area contributed by atoms with Gasteiger partial charge >= 0.3 is 5.97 Å². The first kappa shape index (κ1) is 8.68. The number of carbonyl (C=O) groups is 2. The van der Waals surface area contributed by atoms with Crippen molar-refractivity contribution in [2.45, 2.75) is 13.8 Å².